The highest BCUT2D eigenvalue weighted by Gasteiger charge is 2.30. The molecule has 1 N–H and O–H groups in total. The molecule has 2 aliphatic rings. The smallest absolute Gasteiger partial charge is 0.00403 e. The number of nitrogens with one attached hydrogen (secondary N) is 1. The predicted molar refractivity (Wildman–Crippen MR) is 53.6 cm³/mol. The first-order valence-corrected chi connectivity index (χ1v) is 5.58. The van der Waals surface area contributed by atoms with Gasteiger partial charge in [0, 0.05) is 12.4 Å². The summed E-state index contributed by atoms with van der Waals surface area (Å²) < 4.78 is 0. The second-order valence-corrected chi connectivity index (χ2v) is 4.72. The Labute approximate surface area is 79.5 Å². The van der Waals surface area contributed by atoms with Crippen LogP contribution in [0.5, 0.6) is 0 Å². The molecule has 3 rings (SSSR count). The first kappa shape index (κ1) is 7.66. The number of aromatic nitrogens is 1. The molecule has 1 aromatic heterocycles. The SMILES string of the molecule is c1[nH]cc2c1CC1CCCCC1C2. The molecule has 0 radical (unpaired) electrons. The Balaban J connectivity index is 1.89. The molecule has 0 spiro atoms. The fraction of sp³-hybridized carbons (Fsp3) is 0.667. The van der Waals surface area contributed by atoms with Crippen molar-refractivity contribution >= 4 is 0 Å². The standard InChI is InChI=1S/C12H17N/c1-2-4-10-6-12-8-13-7-11(12)5-9(10)3-1/h7-10,13H,1-6H2. The average Bonchev–Trinajstić information content (AvgIpc) is 2.61. The number of fused-ring (bicyclic) bond motifs is 2. The van der Waals surface area contributed by atoms with Crippen LogP contribution in [0, 0.1) is 11.8 Å². The number of H-pyrrole nitrogens is 1. The third-order valence-electron chi connectivity index (χ3n) is 3.96. The van der Waals surface area contributed by atoms with Gasteiger partial charge in [-0.1, -0.05) is 12.8 Å². The highest BCUT2D eigenvalue weighted by molar-refractivity contribution is 5.27. The quantitative estimate of drug-likeness (QED) is 0.624. The molecular weight excluding hydrogens is 158 g/mol. The van der Waals surface area contributed by atoms with Gasteiger partial charge in [-0.3, -0.25) is 0 Å². The Bertz CT molecular complexity index is 271. The van der Waals surface area contributed by atoms with Crippen LogP contribution in [0.15, 0.2) is 12.4 Å². The fourth-order valence-electron chi connectivity index (χ4n) is 3.20. The lowest BCUT2D eigenvalue weighted by atomic mass is 9.70. The molecule has 2 aliphatic carbocycles. The lowest BCUT2D eigenvalue weighted by Crippen LogP contribution is -2.27. The van der Waals surface area contributed by atoms with Crippen molar-refractivity contribution in [3.05, 3.63) is 23.5 Å². The van der Waals surface area contributed by atoms with Gasteiger partial charge in [-0.2, -0.15) is 0 Å². The molecule has 2 atom stereocenters. The summed E-state index contributed by atoms with van der Waals surface area (Å²) in [6.45, 7) is 0. The Hall–Kier alpha value is -0.720. The third-order valence-corrected chi connectivity index (χ3v) is 3.96. The zero-order chi connectivity index (χ0) is 8.67. The molecule has 13 heavy (non-hydrogen) atoms. The lowest BCUT2D eigenvalue weighted by Gasteiger charge is -2.35. The topological polar surface area (TPSA) is 15.8 Å². The van der Waals surface area contributed by atoms with Crippen molar-refractivity contribution in [3.8, 4) is 0 Å². The van der Waals surface area contributed by atoms with Gasteiger partial charge in [0.05, 0.1) is 0 Å². The van der Waals surface area contributed by atoms with Crippen LogP contribution < -0.4 is 0 Å². The van der Waals surface area contributed by atoms with E-state index in [0.29, 0.717) is 0 Å². The van der Waals surface area contributed by atoms with Crippen molar-refractivity contribution < 1.29 is 0 Å². The molecule has 70 valence electrons. The molecule has 0 amide bonds. The normalized spacial score (nSPS) is 32.3. The fourth-order valence-corrected chi connectivity index (χ4v) is 3.20. The van der Waals surface area contributed by atoms with Crippen LogP contribution in [0.3, 0.4) is 0 Å². The summed E-state index contributed by atoms with van der Waals surface area (Å²) in [6, 6.07) is 0. The molecule has 1 heterocycles. The summed E-state index contributed by atoms with van der Waals surface area (Å²) in [5, 5.41) is 0. The minimum Gasteiger partial charge on any atom is -0.367 e. The van der Waals surface area contributed by atoms with Gasteiger partial charge in [-0.05, 0) is 48.6 Å². The lowest BCUT2D eigenvalue weighted by molar-refractivity contribution is 0.221. The van der Waals surface area contributed by atoms with Crippen molar-refractivity contribution in [2.45, 2.75) is 38.5 Å². The summed E-state index contributed by atoms with van der Waals surface area (Å²) in [5.74, 6) is 2.02. The van der Waals surface area contributed by atoms with Gasteiger partial charge >= 0.3 is 0 Å². The summed E-state index contributed by atoms with van der Waals surface area (Å²) in [4.78, 5) is 3.25. The second kappa shape index (κ2) is 2.90. The summed E-state index contributed by atoms with van der Waals surface area (Å²) >= 11 is 0. The Morgan fingerprint density at radius 3 is 2.00 bits per heavy atom. The monoisotopic (exact) mass is 175 g/mol. The molecule has 2 unspecified atom stereocenters. The molecule has 1 nitrogen and oxygen atoms in total. The average molecular weight is 175 g/mol. The highest BCUT2D eigenvalue weighted by Crippen LogP contribution is 2.39. The van der Waals surface area contributed by atoms with E-state index in [-0.39, 0.29) is 0 Å². The zero-order valence-electron chi connectivity index (χ0n) is 8.05. The van der Waals surface area contributed by atoms with E-state index in [2.05, 4.69) is 17.4 Å². The van der Waals surface area contributed by atoms with Gasteiger partial charge in [-0.15, -0.1) is 0 Å². The van der Waals surface area contributed by atoms with E-state index in [1.54, 1.807) is 11.1 Å². The maximum absolute atomic E-state index is 3.25. The van der Waals surface area contributed by atoms with Crippen LogP contribution in [-0.2, 0) is 12.8 Å². The Kier molecular flexibility index (Phi) is 1.71. The van der Waals surface area contributed by atoms with Crippen LogP contribution in [0.4, 0.5) is 0 Å². The molecule has 0 aromatic carbocycles. The van der Waals surface area contributed by atoms with E-state index in [4.69, 9.17) is 0 Å². The largest absolute Gasteiger partial charge is 0.367 e. The van der Waals surface area contributed by atoms with E-state index in [1.165, 1.54) is 38.5 Å². The van der Waals surface area contributed by atoms with E-state index < -0.39 is 0 Å². The van der Waals surface area contributed by atoms with Crippen LogP contribution in [0.1, 0.15) is 36.8 Å². The van der Waals surface area contributed by atoms with Crippen LogP contribution >= 0.6 is 0 Å². The molecule has 1 fully saturated rings. The Morgan fingerprint density at radius 2 is 1.46 bits per heavy atom. The molecule has 1 heteroatoms. The van der Waals surface area contributed by atoms with Crippen LogP contribution in [0.25, 0.3) is 0 Å². The van der Waals surface area contributed by atoms with Gasteiger partial charge in [-0.25, -0.2) is 0 Å². The molecule has 1 saturated carbocycles. The van der Waals surface area contributed by atoms with Gasteiger partial charge in [0.1, 0.15) is 0 Å². The number of hydrogen-bond acceptors (Lipinski definition) is 0. The minimum absolute atomic E-state index is 1.01. The van der Waals surface area contributed by atoms with E-state index >= 15 is 0 Å². The highest BCUT2D eigenvalue weighted by atomic mass is 14.6. The van der Waals surface area contributed by atoms with Crippen molar-refractivity contribution in [3.63, 3.8) is 0 Å². The molecule has 0 aliphatic heterocycles. The van der Waals surface area contributed by atoms with Gasteiger partial charge in [0.25, 0.3) is 0 Å². The second-order valence-electron chi connectivity index (χ2n) is 4.72. The van der Waals surface area contributed by atoms with Gasteiger partial charge in [0.2, 0.25) is 0 Å². The third kappa shape index (κ3) is 1.21. The van der Waals surface area contributed by atoms with Gasteiger partial charge < -0.3 is 4.98 Å². The molecule has 0 saturated heterocycles. The predicted octanol–water partition coefficient (Wildman–Crippen LogP) is 2.92. The maximum Gasteiger partial charge on any atom is 0.00403 e. The first-order valence-electron chi connectivity index (χ1n) is 5.58. The molecule has 0 bridgehead atoms. The van der Waals surface area contributed by atoms with Crippen molar-refractivity contribution in [1.29, 1.82) is 0 Å². The van der Waals surface area contributed by atoms with Crippen molar-refractivity contribution in [2.75, 3.05) is 0 Å². The zero-order valence-corrected chi connectivity index (χ0v) is 8.05. The van der Waals surface area contributed by atoms with Crippen molar-refractivity contribution in [1.82, 2.24) is 4.98 Å². The number of hydrogen-bond donors (Lipinski definition) is 1. The Morgan fingerprint density at radius 1 is 0.923 bits per heavy atom. The molecule has 1 aromatic rings. The summed E-state index contributed by atoms with van der Waals surface area (Å²) in [5.41, 5.74) is 3.20. The van der Waals surface area contributed by atoms with E-state index in [0.717, 1.165) is 11.8 Å². The summed E-state index contributed by atoms with van der Waals surface area (Å²) in [6.07, 6.45) is 13.0. The molecular formula is C12H17N. The van der Waals surface area contributed by atoms with Gasteiger partial charge in [0.15, 0.2) is 0 Å². The number of rotatable bonds is 0. The van der Waals surface area contributed by atoms with E-state index in [9.17, 15) is 0 Å². The van der Waals surface area contributed by atoms with Crippen LogP contribution in [-0.4, -0.2) is 4.98 Å². The summed E-state index contributed by atoms with van der Waals surface area (Å²) in [7, 11) is 0. The van der Waals surface area contributed by atoms with E-state index in [1.807, 2.05) is 0 Å². The van der Waals surface area contributed by atoms with Crippen molar-refractivity contribution in [2.24, 2.45) is 11.8 Å². The minimum atomic E-state index is 1.01. The first-order chi connectivity index (χ1) is 6.43. The maximum atomic E-state index is 3.25. The van der Waals surface area contributed by atoms with Crippen LogP contribution in [0.2, 0.25) is 0 Å². The number of aromatic amines is 1.